The highest BCUT2D eigenvalue weighted by molar-refractivity contribution is 9.09. The Labute approximate surface area is 128 Å². The maximum atomic E-state index is 11.4. The number of alkyl halides is 1. The van der Waals surface area contributed by atoms with Gasteiger partial charge in [0.05, 0.1) is 12.7 Å². The molecule has 0 saturated heterocycles. The Morgan fingerprint density at radius 1 is 1.45 bits per heavy atom. The van der Waals surface area contributed by atoms with E-state index in [0.29, 0.717) is 29.9 Å². The molecule has 0 radical (unpaired) electrons. The van der Waals surface area contributed by atoms with Crippen molar-refractivity contribution < 1.29 is 19.4 Å². The number of hydrogen-bond acceptors (Lipinski definition) is 4. The van der Waals surface area contributed by atoms with E-state index >= 15 is 0 Å². The van der Waals surface area contributed by atoms with Gasteiger partial charge in [0.15, 0.2) is 5.78 Å². The summed E-state index contributed by atoms with van der Waals surface area (Å²) in [7, 11) is 0. The summed E-state index contributed by atoms with van der Waals surface area (Å²) in [5, 5.41) is 9.97. The van der Waals surface area contributed by atoms with E-state index in [2.05, 4.69) is 15.9 Å². The molecule has 1 N–H and O–H groups in total. The fraction of sp³-hybridized carbons (Fsp3) is 0.533. The summed E-state index contributed by atoms with van der Waals surface area (Å²) in [6.07, 6.45) is 0.372. The second kappa shape index (κ2) is 9.10. The van der Waals surface area contributed by atoms with Crippen LogP contribution < -0.4 is 4.74 Å². The Morgan fingerprint density at radius 2 is 2.20 bits per heavy atom. The second-order valence-corrected chi connectivity index (χ2v) is 5.20. The van der Waals surface area contributed by atoms with E-state index in [1.54, 1.807) is 18.2 Å². The van der Waals surface area contributed by atoms with Gasteiger partial charge < -0.3 is 14.6 Å². The third kappa shape index (κ3) is 5.61. The van der Waals surface area contributed by atoms with Crippen molar-refractivity contribution in [1.29, 1.82) is 0 Å². The number of aliphatic hydroxyl groups excluding tert-OH is 1. The number of ether oxygens (including phenoxy) is 2. The fourth-order valence-corrected chi connectivity index (χ4v) is 1.80. The van der Waals surface area contributed by atoms with E-state index in [0.717, 1.165) is 12.0 Å². The summed E-state index contributed by atoms with van der Waals surface area (Å²) in [6.45, 7) is 4.82. The molecule has 0 amide bonds. The number of carbonyl (C=O) groups is 1. The molecule has 0 bridgehead atoms. The van der Waals surface area contributed by atoms with Gasteiger partial charge >= 0.3 is 0 Å². The van der Waals surface area contributed by atoms with Gasteiger partial charge in [0, 0.05) is 23.1 Å². The smallest absolute Gasteiger partial charge is 0.159 e. The van der Waals surface area contributed by atoms with Crippen molar-refractivity contribution in [3.8, 4) is 5.75 Å². The third-order valence-electron chi connectivity index (χ3n) is 2.68. The lowest BCUT2D eigenvalue weighted by molar-refractivity contribution is 0.101. The van der Waals surface area contributed by atoms with Gasteiger partial charge in [0.25, 0.3) is 0 Å². The molecule has 0 fully saturated rings. The van der Waals surface area contributed by atoms with Crippen LogP contribution in [0.5, 0.6) is 5.75 Å². The zero-order valence-electron chi connectivity index (χ0n) is 11.9. The van der Waals surface area contributed by atoms with Gasteiger partial charge in [-0.25, -0.2) is 0 Å². The van der Waals surface area contributed by atoms with Crippen LogP contribution in [-0.2, 0) is 11.3 Å². The van der Waals surface area contributed by atoms with E-state index in [-0.39, 0.29) is 12.4 Å². The number of rotatable bonds is 9. The van der Waals surface area contributed by atoms with Crippen molar-refractivity contribution in [3.63, 3.8) is 0 Å². The minimum atomic E-state index is -0.563. The predicted molar refractivity (Wildman–Crippen MR) is 81.7 cm³/mol. The van der Waals surface area contributed by atoms with Crippen LogP contribution in [0.15, 0.2) is 18.2 Å². The first kappa shape index (κ1) is 17.1. The van der Waals surface area contributed by atoms with Crippen molar-refractivity contribution in [3.05, 3.63) is 29.3 Å². The molecule has 0 spiro atoms. The summed E-state index contributed by atoms with van der Waals surface area (Å²) in [5.74, 6) is 0.653. The van der Waals surface area contributed by atoms with Crippen molar-refractivity contribution >= 4 is 21.7 Å². The molecule has 0 aromatic heterocycles. The molecule has 1 unspecified atom stereocenters. The summed E-state index contributed by atoms with van der Waals surface area (Å²) < 4.78 is 11.1. The maximum absolute atomic E-state index is 11.4. The number of benzene rings is 1. The zero-order chi connectivity index (χ0) is 15.0. The molecule has 5 heteroatoms. The van der Waals surface area contributed by atoms with Crippen LogP contribution in [0, 0.1) is 0 Å². The van der Waals surface area contributed by atoms with Gasteiger partial charge in [-0.15, -0.1) is 0 Å². The van der Waals surface area contributed by atoms with Crippen LogP contribution in [0.4, 0.5) is 0 Å². The van der Waals surface area contributed by atoms with E-state index in [9.17, 15) is 9.90 Å². The zero-order valence-corrected chi connectivity index (χ0v) is 13.5. The molecular weight excluding hydrogens is 324 g/mol. The second-order valence-electron chi connectivity index (χ2n) is 4.55. The molecule has 0 saturated carbocycles. The maximum Gasteiger partial charge on any atom is 0.159 e. The van der Waals surface area contributed by atoms with Gasteiger partial charge in [-0.3, -0.25) is 4.79 Å². The average Bonchev–Trinajstić information content (AvgIpc) is 2.45. The van der Waals surface area contributed by atoms with Crippen LogP contribution in [-0.4, -0.2) is 35.5 Å². The largest absolute Gasteiger partial charge is 0.490 e. The topological polar surface area (TPSA) is 55.8 Å². The number of halogens is 1. The molecule has 1 rings (SSSR count). The van der Waals surface area contributed by atoms with Crippen LogP contribution in [0.1, 0.15) is 36.2 Å². The first-order valence-corrected chi connectivity index (χ1v) is 7.79. The standard InChI is InChI=1S/C15H21BrO4/c1-3-6-19-9-13-7-12(11(2)17)4-5-15(13)20-10-14(18)8-16/h4-5,7,14,18H,3,6,8-10H2,1-2H3. The molecule has 0 aliphatic rings. The summed E-state index contributed by atoms with van der Waals surface area (Å²) in [6, 6.07) is 5.26. The van der Waals surface area contributed by atoms with Crippen molar-refractivity contribution in [2.75, 3.05) is 18.5 Å². The summed E-state index contributed by atoms with van der Waals surface area (Å²) in [4.78, 5) is 11.4. The Kier molecular flexibility index (Phi) is 7.80. The first-order chi connectivity index (χ1) is 9.58. The molecule has 0 aliphatic heterocycles. The number of aliphatic hydroxyl groups is 1. The van der Waals surface area contributed by atoms with Crippen LogP contribution >= 0.6 is 15.9 Å². The Morgan fingerprint density at radius 3 is 2.80 bits per heavy atom. The molecule has 0 heterocycles. The Hall–Kier alpha value is -0.910. The molecule has 0 aliphatic carbocycles. The Balaban J connectivity index is 2.81. The minimum absolute atomic E-state index is 0.00813. The molecule has 1 atom stereocenters. The molecule has 1 aromatic rings. The van der Waals surface area contributed by atoms with Crippen molar-refractivity contribution in [2.45, 2.75) is 33.0 Å². The lowest BCUT2D eigenvalue weighted by Gasteiger charge is -2.14. The monoisotopic (exact) mass is 344 g/mol. The van der Waals surface area contributed by atoms with E-state index in [1.165, 1.54) is 6.92 Å². The SMILES string of the molecule is CCCOCc1cc(C(C)=O)ccc1OCC(O)CBr. The molecule has 1 aromatic carbocycles. The average molecular weight is 345 g/mol. The van der Waals surface area contributed by atoms with Crippen molar-refractivity contribution in [2.24, 2.45) is 0 Å². The highest BCUT2D eigenvalue weighted by Gasteiger charge is 2.10. The van der Waals surface area contributed by atoms with Crippen molar-refractivity contribution in [1.82, 2.24) is 0 Å². The minimum Gasteiger partial charge on any atom is -0.490 e. The highest BCUT2D eigenvalue weighted by Crippen LogP contribution is 2.22. The van der Waals surface area contributed by atoms with E-state index < -0.39 is 6.10 Å². The number of ketones is 1. The normalized spacial score (nSPS) is 12.2. The molecule has 4 nitrogen and oxygen atoms in total. The van der Waals surface area contributed by atoms with Gasteiger partial charge in [-0.2, -0.15) is 0 Å². The lowest BCUT2D eigenvalue weighted by Crippen LogP contribution is -2.19. The molecule has 112 valence electrons. The number of carbonyl (C=O) groups excluding carboxylic acids is 1. The van der Waals surface area contributed by atoms with Gasteiger partial charge in [0.1, 0.15) is 12.4 Å². The highest BCUT2D eigenvalue weighted by atomic mass is 79.9. The fourth-order valence-electron chi connectivity index (χ4n) is 1.61. The lowest BCUT2D eigenvalue weighted by atomic mass is 10.1. The van der Waals surface area contributed by atoms with Gasteiger partial charge in [-0.1, -0.05) is 22.9 Å². The van der Waals surface area contributed by atoms with Gasteiger partial charge in [0.2, 0.25) is 0 Å². The van der Waals surface area contributed by atoms with Crippen LogP contribution in [0.25, 0.3) is 0 Å². The van der Waals surface area contributed by atoms with Crippen LogP contribution in [0.3, 0.4) is 0 Å². The Bertz CT molecular complexity index is 434. The molecule has 20 heavy (non-hydrogen) atoms. The van der Waals surface area contributed by atoms with E-state index in [4.69, 9.17) is 9.47 Å². The first-order valence-electron chi connectivity index (χ1n) is 6.66. The quantitative estimate of drug-likeness (QED) is 0.425. The predicted octanol–water partition coefficient (Wildman–Crippen LogP) is 2.95. The van der Waals surface area contributed by atoms with E-state index in [1.807, 2.05) is 6.92 Å². The summed E-state index contributed by atoms with van der Waals surface area (Å²) in [5.41, 5.74) is 1.46. The van der Waals surface area contributed by atoms with Gasteiger partial charge in [-0.05, 0) is 31.5 Å². The third-order valence-corrected chi connectivity index (χ3v) is 3.43. The molecular formula is C15H21BrO4. The number of hydrogen-bond donors (Lipinski definition) is 1. The number of Topliss-reactive ketones (excluding diaryl/α,β-unsaturated/α-hetero) is 1. The summed E-state index contributed by atoms with van der Waals surface area (Å²) >= 11 is 3.19. The van der Waals surface area contributed by atoms with Crippen LogP contribution in [0.2, 0.25) is 0 Å².